The molecule has 3 aromatic rings. The number of fused-ring (bicyclic) bond motifs is 1. The highest BCUT2D eigenvalue weighted by Crippen LogP contribution is 2.27. The maximum atomic E-state index is 12.7. The first-order valence-corrected chi connectivity index (χ1v) is 11.8. The number of carbonyl (C=O) groups is 1. The van der Waals surface area contributed by atoms with Gasteiger partial charge in [-0.2, -0.15) is 0 Å². The minimum atomic E-state index is -4.86. The number of hydrogen-bond donors (Lipinski definition) is 1. The van der Waals surface area contributed by atoms with Crippen LogP contribution in [0.4, 0.5) is 18.9 Å². The number of halogens is 3. The van der Waals surface area contributed by atoms with Gasteiger partial charge in [0.15, 0.2) is 0 Å². The third-order valence-corrected chi connectivity index (χ3v) is 7.11. The predicted octanol–water partition coefficient (Wildman–Crippen LogP) is 4.65. The predicted molar refractivity (Wildman–Crippen MR) is 113 cm³/mol. The molecule has 0 aliphatic carbocycles. The number of rotatable bonds is 5. The molecule has 168 valence electrons. The summed E-state index contributed by atoms with van der Waals surface area (Å²) in [7, 11) is -4.03. The second-order valence-corrected chi connectivity index (χ2v) is 9.69. The third kappa shape index (κ3) is 5.05. The van der Waals surface area contributed by atoms with E-state index in [0.29, 0.717) is 30.1 Å². The van der Waals surface area contributed by atoms with E-state index in [1.54, 1.807) is 29.2 Å². The van der Waals surface area contributed by atoms with E-state index in [1.165, 1.54) is 11.3 Å². The van der Waals surface area contributed by atoms with E-state index >= 15 is 0 Å². The van der Waals surface area contributed by atoms with E-state index < -0.39 is 22.1 Å². The Kier molecular flexibility index (Phi) is 5.87. The molecule has 0 spiro atoms. The van der Waals surface area contributed by atoms with Crippen LogP contribution in [0, 0.1) is 0 Å². The van der Waals surface area contributed by atoms with Crippen molar-refractivity contribution >= 4 is 33.0 Å². The minimum absolute atomic E-state index is 0.0715. The van der Waals surface area contributed by atoms with Crippen LogP contribution >= 0.6 is 11.3 Å². The first-order valence-electron chi connectivity index (χ1n) is 9.44. The average Bonchev–Trinajstić information content (AvgIpc) is 3.26. The summed E-state index contributed by atoms with van der Waals surface area (Å²) in [5.74, 6) is -0.585. The Balaban J connectivity index is 1.49. The van der Waals surface area contributed by atoms with Gasteiger partial charge in [-0.25, -0.2) is 8.42 Å². The summed E-state index contributed by atoms with van der Waals surface area (Å²) in [6, 6.07) is 12.6. The second-order valence-electron chi connectivity index (χ2n) is 7.06. The van der Waals surface area contributed by atoms with Crippen molar-refractivity contribution in [1.29, 1.82) is 0 Å². The van der Waals surface area contributed by atoms with Crippen molar-refractivity contribution in [3.8, 4) is 5.75 Å². The fraction of sp³-hybridized carbons (Fsp3) is 0.190. The molecule has 11 heteroatoms. The van der Waals surface area contributed by atoms with Crippen molar-refractivity contribution in [1.82, 2.24) is 4.90 Å². The number of thiophene rings is 1. The number of sulfonamides is 1. The van der Waals surface area contributed by atoms with Crippen LogP contribution in [0.25, 0.3) is 0 Å². The van der Waals surface area contributed by atoms with Crippen molar-refractivity contribution in [2.24, 2.45) is 0 Å². The molecule has 6 nitrogen and oxygen atoms in total. The number of ether oxygens (including phenoxy) is 1. The molecule has 2 aromatic carbocycles. The zero-order chi connectivity index (χ0) is 22.9. The monoisotopic (exact) mass is 482 g/mol. The van der Waals surface area contributed by atoms with Gasteiger partial charge < -0.3 is 9.64 Å². The largest absolute Gasteiger partial charge is 0.573 e. The van der Waals surface area contributed by atoms with Gasteiger partial charge >= 0.3 is 6.36 Å². The molecule has 1 aromatic heterocycles. The zero-order valence-electron chi connectivity index (χ0n) is 16.4. The maximum absolute atomic E-state index is 12.7. The van der Waals surface area contributed by atoms with Crippen LogP contribution in [0.15, 0.2) is 64.9 Å². The van der Waals surface area contributed by atoms with Crippen LogP contribution in [0.5, 0.6) is 5.75 Å². The van der Waals surface area contributed by atoms with E-state index in [1.807, 2.05) is 11.4 Å². The number of amides is 1. The Labute approximate surface area is 186 Å². The molecule has 0 radical (unpaired) electrons. The zero-order valence-corrected chi connectivity index (χ0v) is 18.1. The lowest BCUT2D eigenvalue weighted by Crippen LogP contribution is -2.35. The third-order valence-electron chi connectivity index (χ3n) is 4.86. The number of alkyl halides is 3. The van der Waals surface area contributed by atoms with Crippen LogP contribution in [-0.2, 0) is 23.0 Å². The van der Waals surface area contributed by atoms with Crippen molar-refractivity contribution in [2.45, 2.75) is 24.2 Å². The van der Waals surface area contributed by atoms with Crippen LogP contribution < -0.4 is 9.46 Å². The molecule has 1 amide bonds. The molecule has 1 aliphatic heterocycles. The number of carbonyl (C=O) groups excluding carboxylic acids is 1. The number of benzene rings is 2. The van der Waals surface area contributed by atoms with Gasteiger partial charge in [0, 0.05) is 18.8 Å². The summed E-state index contributed by atoms with van der Waals surface area (Å²) < 4.78 is 68.4. The molecule has 2 heterocycles. The standard InChI is InChI=1S/C21H17F3N2O4S2/c22-21(23,24)30-17-5-7-18(8-6-17)32(28,29)25-16-4-3-14-9-10-26(13-15(14)12-16)20(27)19-2-1-11-31-19/h1-8,11-12,25H,9-10,13H2. The van der Waals surface area contributed by atoms with E-state index in [9.17, 15) is 26.4 Å². The number of anilines is 1. The lowest BCUT2D eigenvalue weighted by Gasteiger charge is -2.29. The Morgan fingerprint density at radius 2 is 1.81 bits per heavy atom. The molecular formula is C21H17F3N2O4S2. The van der Waals surface area contributed by atoms with Crippen LogP contribution in [-0.4, -0.2) is 32.1 Å². The molecule has 0 atom stereocenters. The molecular weight excluding hydrogens is 465 g/mol. The van der Waals surface area contributed by atoms with Gasteiger partial charge in [-0.1, -0.05) is 12.1 Å². The summed E-state index contributed by atoms with van der Waals surface area (Å²) in [4.78, 5) is 14.8. The van der Waals surface area contributed by atoms with Gasteiger partial charge in [-0.05, 0) is 65.4 Å². The summed E-state index contributed by atoms with van der Waals surface area (Å²) >= 11 is 1.36. The lowest BCUT2D eigenvalue weighted by molar-refractivity contribution is -0.274. The smallest absolute Gasteiger partial charge is 0.406 e. The highest BCUT2D eigenvalue weighted by atomic mass is 32.2. The van der Waals surface area contributed by atoms with E-state index in [-0.39, 0.29) is 10.8 Å². The lowest BCUT2D eigenvalue weighted by atomic mass is 9.99. The molecule has 4 rings (SSSR count). The van der Waals surface area contributed by atoms with Gasteiger partial charge in [-0.15, -0.1) is 24.5 Å². The van der Waals surface area contributed by atoms with Gasteiger partial charge in [0.25, 0.3) is 15.9 Å². The molecule has 0 saturated heterocycles. The highest BCUT2D eigenvalue weighted by Gasteiger charge is 2.31. The maximum Gasteiger partial charge on any atom is 0.573 e. The number of nitrogens with one attached hydrogen (secondary N) is 1. The fourth-order valence-electron chi connectivity index (χ4n) is 3.38. The summed E-state index contributed by atoms with van der Waals surface area (Å²) in [5, 5.41) is 1.83. The summed E-state index contributed by atoms with van der Waals surface area (Å²) in [5.41, 5.74) is 2.15. The quantitative estimate of drug-likeness (QED) is 0.575. The number of nitrogens with zero attached hydrogens (tertiary/aromatic N) is 1. The van der Waals surface area contributed by atoms with E-state index in [4.69, 9.17) is 0 Å². The molecule has 0 bridgehead atoms. The first kappa shape index (κ1) is 22.2. The SMILES string of the molecule is O=C(c1cccs1)N1CCc2ccc(NS(=O)(=O)c3ccc(OC(F)(F)F)cc3)cc2C1. The van der Waals surface area contributed by atoms with Gasteiger partial charge in [0.05, 0.1) is 9.77 Å². The second kappa shape index (κ2) is 8.47. The van der Waals surface area contributed by atoms with Crippen LogP contribution in [0.2, 0.25) is 0 Å². The molecule has 0 fully saturated rings. The van der Waals surface area contributed by atoms with Crippen LogP contribution in [0.1, 0.15) is 20.8 Å². The summed E-state index contributed by atoms with van der Waals surface area (Å²) in [6.45, 7) is 0.923. The molecule has 0 unspecified atom stereocenters. The average molecular weight is 483 g/mol. The van der Waals surface area contributed by atoms with Crippen molar-refractivity contribution < 1.29 is 31.1 Å². The Morgan fingerprint density at radius 1 is 1.06 bits per heavy atom. The Morgan fingerprint density at radius 3 is 2.47 bits per heavy atom. The molecule has 32 heavy (non-hydrogen) atoms. The minimum Gasteiger partial charge on any atom is -0.406 e. The Bertz CT molecular complexity index is 1220. The fourth-order valence-corrected chi connectivity index (χ4v) is 5.12. The van der Waals surface area contributed by atoms with E-state index in [0.717, 1.165) is 35.4 Å². The topological polar surface area (TPSA) is 75.7 Å². The van der Waals surface area contributed by atoms with Crippen molar-refractivity contribution in [3.05, 3.63) is 76.0 Å². The number of hydrogen-bond acceptors (Lipinski definition) is 5. The Hall–Kier alpha value is -3.05. The van der Waals surface area contributed by atoms with Gasteiger partial charge in [0.1, 0.15) is 5.75 Å². The van der Waals surface area contributed by atoms with Gasteiger partial charge in [0.2, 0.25) is 0 Å². The summed E-state index contributed by atoms with van der Waals surface area (Å²) in [6.07, 6.45) is -4.21. The normalized spacial score (nSPS) is 14.0. The van der Waals surface area contributed by atoms with E-state index in [2.05, 4.69) is 9.46 Å². The first-order chi connectivity index (χ1) is 15.1. The highest BCUT2D eigenvalue weighted by molar-refractivity contribution is 7.92. The van der Waals surface area contributed by atoms with Crippen molar-refractivity contribution in [3.63, 3.8) is 0 Å². The van der Waals surface area contributed by atoms with Crippen LogP contribution in [0.3, 0.4) is 0 Å². The molecule has 0 saturated carbocycles. The molecule has 1 N–H and O–H groups in total. The molecule has 1 aliphatic rings. The van der Waals surface area contributed by atoms with Crippen molar-refractivity contribution in [2.75, 3.05) is 11.3 Å². The van der Waals surface area contributed by atoms with Gasteiger partial charge in [-0.3, -0.25) is 9.52 Å².